The number of nitrogens with zero attached hydrogens (tertiary/aromatic N) is 2. The van der Waals surface area contributed by atoms with Crippen molar-refractivity contribution in [2.45, 2.75) is 19.4 Å². The van der Waals surface area contributed by atoms with E-state index < -0.39 is 43.0 Å². The molecule has 0 N–H and O–H groups in total. The zero-order valence-corrected chi connectivity index (χ0v) is 13.6. The fourth-order valence-corrected chi connectivity index (χ4v) is 2.64. The highest BCUT2D eigenvalue weighted by molar-refractivity contribution is 7.88. The van der Waals surface area contributed by atoms with Gasteiger partial charge in [-0.25, -0.2) is 14.4 Å². The Morgan fingerprint density at radius 2 is 1.61 bits per heavy atom. The number of alkyl halides is 3. The summed E-state index contributed by atoms with van der Waals surface area (Å²) in [5.41, 5.74) is -5.47. The minimum Gasteiger partial charge on any atom is -0.354 e. The Balaban J connectivity index is 2.87. The summed E-state index contributed by atoms with van der Waals surface area (Å²) in [5.74, 6) is -2.11. The van der Waals surface area contributed by atoms with Gasteiger partial charge < -0.3 is 4.18 Å². The topological polar surface area (TPSA) is 69.2 Å². The van der Waals surface area contributed by atoms with Crippen LogP contribution in [0, 0.1) is 19.7 Å². The molecule has 0 amide bonds. The van der Waals surface area contributed by atoms with Gasteiger partial charge in [-0.2, -0.15) is 21.6 Å². The zero-order valence-electron chi connectivity index (χ0n) is 11.3. The summed E-state index contributed by atoms with van der Waals surface area (Å²) in [6.07, 6.45) is 0. The molecule has 2 heterocycles. The van der Waals surface area contributed by atoms with Gasteiger partial charge in [-0.3, -0.25) is 0 Å². The summed E-state index contributed by atoms with van der Waals surface area (Å²) in [5, 5.41) is -2.02. The first kappa shape index (κ1) is 18.0. The number of pyridine rings is 2. The third kappa shape index (κ3) is 3.02. The van der Waals surface area contributed by atoms with Gasteiger partial charge in [-0.05, 0) is 19.4 Å². The molecular weight excluding hydrogens is 387 g/mol. The monoisotopic (exact) mass is 392 g/mol. The van der Waals surface area contributed by atoms with Crippen molar-refractivity contribution in [1.82, 2.24) is 9.97 Å². The number of aromatic nitrogens is 2. The molecule has 0 unspecified atom stereocenters. The maximum absolute atomic E-state index is 14.2. The molecule has 0 aliphatic carbocycles. The molecule has 12 heteroatoms. The van der Waals surface area contributed by atoms with Gasteiger partial charge in [-0.15, -0.1) is 0 Å². The quantitative estimate of drug-likeness (QED) is 0.335. The van der Waals surface area contributed by atoms with Crippen molar-refractivity contribution in [2.24, 2.45) is 0 Å². The molecule has 0 saturated heterocycles. The molecule has 126 valence electrons. The molecular formula is C11H6Cl2F4N2O3S. The maximum Gasteiger partial charge on any atom is 0.534 e. The summed E-state index contributed by atoms with van der Waals surface area (Å²) in [4.78, 5) is 6.98. The first-order chi connectivity index (χ1) is 10.4. The molecule has 0 aliphatic rings. The standard InChI is InChI=1S/C11H6Cl2F4N2O3S/c1-3-4(2)18-10(22-23(20,21)11(15,16)17)6-5(3)7(14)9(13)19-8(6)12/h1-2H3. The molecule has 0 atom stereocenters. The van der Waals surface area contributed by atoms with Crippen molar-refractivity contribution in [1.29, 1.82) is 0 Å². The van der Waals surface area contributed by atoms with E-state index in [2.05, 4.69) is 14.2 Å². The molecule has 0 aromatic carbocycles. The average molecular weight is 393 g/mol. The third-order valence-electron chi connectivity index (χ3n) is 2.93. The molecule has 5 nitrogen and oxygen atoms in total. The Morgan fingerprint density at radius 1 is 1.04 bits per heavy atom. The largest absolute Gasteiger partial charge is 0.534 e. The van der Waals surface area contributed by atoms with E-state index in [-0.39, 0.29) is 16.6 Å². The van der Waals surface area contributed by atoms with Gasteiger partial charge in [0.25, 0.3) is 0 Å². The van der Waals surface area contributed by atoms with E-state index >= 15 is 0 Å². The Kier molecular flexibility index (Phi) is 4.37. The van der Waals surface area contributed by atoms with Crippen molar-refractivity contribution < 1.29 is 30.2 Å². The van der Waals surface area contributed by atoms with Crippen LogP contribution in [0.5, 0.6) is 5.88 Å². The van der Waals surface area contributed by atoms with E-state index in [0.29, 0.717) is 0 Å². The number of halogens is 6. The molecule has 0 bridgehead atoms. The fourth-order valence-electron chi connectivity index (χ4n) is 1.74. The zero-order chi connectivity index (χ0) is 17.7. The first-order valence-corrected chi connectivity index (χ1v) is 7.85. The van der Waals surface area contributed by atoms with Crippen LogP contribution in [-0.4, -0.2) is 23.9 Å². The maximum atomic E-state index is 14.2. The highest BCUT2D eigenvalue weighted by Gasteiger charge is 2.49. The number of hydrogen-bond donors (Lipinski definition) is 0. The van der Waals surface area contributed by atoms with Crippen LogP contribution in [0.1, 0.15) is 11.3 Å². The second-order valence-electron chi connectivity index (χ2n) is 4.37. The van der Waals surface area contributed by atoms with Crippen molar-refractivity contribution in [3.05, 3.63) is 27.4 Å². The van der Waals surface area contributed by atoms with Gasteiger partial charge in [0.05, 0.1) is 5.39 Å². The lowest BCUT2D eigenvalue weighted by molar-refractivity contribution is -0.0500. The summed E-state index contributed by atoms with van der Waals surface area (Å²) < 4.78 is 77.8. The van der Waals surface area contributed by atoms with Crippen LogP contribution in [0.2, 0.25) is 10.3 Å². The van der Waals surface area contributed by atoms with Crippen molar-refractivity contribution >= 4 is 44.1 Å². The lowest BCUT2D eigenvalue weighted by atomic mass is 10.1. The van der Waals surface area contributed by atoms with Crippen LogP contribution in [0.4, 0.5) is 17.6 Å². The van der Waals surface area contributed by atoms with Crippen LogP contribution in [0.15, 0.2) is 0 Å². The van der Waals surface area contributed by atoms with E-state index in [1.54, 1.807) is 0 Å². The van der Waals surface area contributed by atoms with Crippen LogP contribution < -0.4 is 4.18 Å². The third-order valence-corrected chi connectivity index (χ3v) is 4.39. The van der Waals surface area contributed by atoms with E-state index in [1.165, 1.54) is 13.8 Å². The van der Waals surface area contributed by atoms with Gasteiger partial charge >= 0.3 is 15.6 Å². The molecule has 0 saturated carbocycles. The van der Waals surface area contributed by atoms with Gasteiger partial charge in [0.15, 0.2) is 11.0 Å². The van der Waals surface area contributed by atoms with E-state index in [0.717, 1.165) is 0 Å². The minimum absolute atomic E-state index is 0.0297. The lowest BCUT2D eigenvalue weighted by Gasteiger charge is -2.14. The van der Waals surface area contributed by atoms with Gasteiger partial charge in [-0.1, -0.05) is 23.2 Å². The molecule has 0 fully saturated rings. The summed E-state index contributed by atoms with van der Waals surface area (Å²) in [6, 6.07) is 0. The molecule has 2 aromatic rings. The number of aryl methyl sites for hydroxylation is 2. The first-order valence-electron chi connectivity index (χ1n) is 5.69. The minimum atomic E-state index is -6.02. The van der Waals surface area contributed by atoms with E-state index in [1.807, 2.05) is 0 Å². The normalized spacial score (nSPS) is 12.7. The predicted molar refractivity (Wildman–Crippen MR) is 74.6 cm³/mol. The molecule has 0 spiro atoms. The smallest absolute Gasteiger partial charge is 0.354 e. The number of fused-ring (bicyclic) bond motifs is 1. The SMILES string of the molecule is Cc1nc(OS(=O)(=O)C(F)(F)F)c2c(Cl)nc(Cl)c(F)c2c1C. The highest BCUT2D eigenvalue weighted by Crippen LogP contribution is 2.38. The highest BCUT2D eigenvalue weighted by atomic mass is 35.5. The molecule has 2 aromatic heterocycles. The number of hydrogen-bond acceptors (Lipinski definition) is 5. The Morgan fingerprint density at radius 3 is 2.13 bits per heavy atom. The summed E-state index contributed by atoms with van der Waals surface area (Å²) in [6.45, 7) is 2.73. The molecule has 0 radical (unpaired) electrons. The van der Waals surface area contributed by atoms with Gasteiger partial charge in [0.1, 0.15) is 5.15 Å². The second-order valence-corrected chi connectivity index (χ2v) is 6.62. The fraction of sp³-hybridized carbons (Fsp3) is 0.273. The summed E-state index contributed by atoms with van der Waals surface area (Å²) in [7, 11) is -6.02. The Bertz CT molecular complexity index is 908. The van der Waals surface area contributed by atoms with E-state index in [4.69, 9.17) is 23.2 Å². The lowest BCUT2D eigenvalue weighted by Crippen LogP contribution is -2.28. The Labute approximate surface area is 137 Å². The average Bonchev–Trinajstić information content (AvgIpc) is 2.38. The van der Waals surface area contributed by atoms with Crippen molar-refractivity contribution in [3.63, 3.8) is 0 Å². The van der Waals surface area contributed by atoms with E-state index in [9.17, 15) is 26.0 Å². The molecule has 23 heavy (non-hydrogen) atoms. The number of rotatable bonds is 2. The Hall–Kier alpha value is -1.39. The predicted octanol–water partition coefficient (Wildman–Crippen LogP) is 3.92. The van der Waals surface area contributed by atoms with Crippen LogP contribution in [0.25, 0.3) is 10.8 Å². The van der Waals surface area contributed by atoms with Crippen molar-refractivity contribution in [3.8, 4) is 5.88 Å². The van der Waals surface area contributed by atoms with Crippen molar-refractivity contribution in [2.75, 3.05) is 0 Å². The van der Waals surface area contributed by atoms with Crippen LogP contribution in [-0.2, 0) is 10.1 Å². The van der Waals surface area contributed by atoms with Crippen LogP contribution in [0.3, 0.4) is 0 Å². The molecule has 2 rings (SSSR count). The van der Waals surface area contributed by atoms with Crippen LogP contribution >= 0.6 is 23.2 Å². The molecule has 0 aliphatic heterocycles. The second kappa shape index (κ2) is 5.60. The van der Waals surface area contributed by atoms with Gasteiger partial charge in [0.2, 0.25) is 5.88 Å². The summed E-state index contributed by atoms with van der Waals surface area (Å²) >= 11 is 11.3. The van der Waals surface area contributed by atoms with Gasteiger partial charge in [0, 0.05) is 11.1 Å².